The van der Waals surface area contributed by atoms with Gasteiger partial charge in [0.2, 0.25) is 0 Å². The van der Waals surface area contributed by atoms with Crippen LogP contribution in [0.5, 0.6) is 0 Å². The zero-order valence-corrected chi connectivity index (χ0v) is 13.4. The molecule has 1 aliphatic carbocycles. The highest BCUT2D eigenvalue weighted by Crippen LogP contribution is 2.39. The van der Waals surface area contributed by atoms with Gasteiger partial charge in [-0.2, -0.15) is 0 Å². The minimum absolute atomic E-state index is 0.607. The summed E-state index contributed by atoms with van der Waals surface area (Å²) in [5, 5.41) is 4.83. The maximum atomic E-state index is 3.50. The van der Waals surface area contributed by atoms with E-state index in [4.69, 9.17) is 0 Å². The Morgan fingerprint density at radius 3 is 2.64 bits per heavy atom. The van der Waals surface area contributed by atoms with Gasteiger partial charge in [0, 0.05) is 43.9 Å². The lowest BCUT2D eigenvalue weighted by Gasteiger charge is -2.41. The average molecular weight is 297 g/mol. The zero-order valence-electron chi connectivity index (χ0n) is 13.4. The number of hydrogen-bond donors (Lipinski definition) is 2. The summed E-state index contributed by atoms with van der Waals surface area (Å²) >= 11 is 0. The molecule has 0 unspecified atom stereocenters. The second-order valence-corrected chi connectivity index (χ2v) is 6.95. The van der Waals surface area contributed by atoms with E-state index in [-0.39, 0.29) is 0 Å². The Labute approximate surface area is 133 Å². The molecule has 22 heavy (non-hydrogen) atoms. The van der Waals surface area contributed by atoms with E-state index in [1.54, 1.807) is 0 Å². The number of nitrogens with one attached hydrogen (secondary N) is 2. The third kappa shape index (κ3) is 2.80. The molecule has 1 aromatic carbocycles. The third-order valence-corrected chi connectivity index (χ3v) is 5.56. The number of fused-ring (bicyclic) bond motifs is 1. The number of aromatic amines is 1. The Hall–Kier alpha value is -1.32. The van der Waals surface area contributed by atoms with E-state index in [9.17, 15) is 0 Å². The van der Waals surface area contributed by atoms with Crippen LogP contribution in [0.3, 0.4) is 0 Å². The van der Waals surface area contributed by atoms with E-state index in [0.717, 1.165) is 19.0 Å². The molecule has 2 N–H and O–H groups in total. The fourth-order valence-corrected chi connectivity index (χ4v) is 4.44. The van der Waals surface area contributed by atoms with Crippen molar-refractivity contribution in [3.63, 3.8) is 0 Å². The van der Waals surface area contributed by atoms with E-state index >= 15 is 0 Å². The highest BCUT2D eigenvalue weighted by molar-refractivity contribution is 5.80. The number of hydrogen-bond acceptors (Lipinski definition) is 2. The maximum Gasteiger partial charge on any atom is 0.0457 e. The van der Waals surface area contributed by atoms with Gasteiger partial charge in [-0.05, 0) is 41.8 Å². The van der Waals surface area contributed by atoms with Gasteiger partial charge in [-0.1, -0.05) is 31.4 Å². The highest BCUT2D eigenvalue weighted by Gasteiger charge is 2.30. The van der Waals surface area contributed by atoms with Crippen LogP contribution in [0.25, 0.3) is 10.9 Å². The Morgan fingerprint density at radius 2 is 1.82 bits per heavy atom. The Morgan fingerprint density at radius 1 is 1.00 bits per heavy atom. The molecule has 1 atom stereocenters. The van der Waals surface area contributed by atoms with Crippen LogP contribution in [0.2, 0.25) is 0 Å². The van der Waals surface area contributed by atoms with Crippen LogP contribution in [-0.4, -0.2) is 36.1 Å². The first-order valence-electron chi connectivity index (χ1n) is 8.93. The predicted octanol–water partition coefficient (Wildman–Crippen LogP) is 3.69. The molecule has 1 aromatic heterocycles. The van der Waals surface area contributed by atoms with Crippen molar-refractivity contribution in [2.75, 3.05) is 26.2 Å². The summed E-state index contributed by atoms with van der Waals surface area (Å²) in [6, 6.07) is 9.84. The molecule has 2 fully saturated rings. The summed E-state index contributed by atoms with van der Waals surface area (Å²) in [6.07, 6.45) is 9.11. The minimum Gasteiger partial charge on any atom is -0.361 e. The first-order chi connectivity index (χ1) is 10.9. The fourth-order valence-electron chi connectivity index (χ4n) is 4.44. The SMILES string of the molecule is c1cc2ccc([C@H](C3CCCCC3)N3CCNCC3)cc2[nH]1. The van der Waals surface area contributed by atoms with Crippen molar-refractivity contribution in [1.82, 2.24) is 15.2 Å². The van der Waals surface area contributed by atoms with E-state index < -0.39 is 0 Å². The zero-order chi connectivity index (χ0) is 14.8. The van der Waals surface area contributed by atoms with Crippen molar-refractivity contribution in [2.24, 2.45) is 5.92 Å². The average Bonchev–Trinajstić information content (AvgIpc) is 3.05. The standard InChI is InChI=1S/C19H27N3/c1-2-4-16(5-3-1)19(22-12-10-20-11-13-22)17-7-6-15-8-9-21-18(15)14-17/h6-9,14,16,19-21H,1-5,10-13H2/t19-/m0/s1. The monoisotopic (exact) mass is 297 g/mol. The van der Waals surface area contributed by atoms with Gasteiger partial charge >= 0.3 is 0 Å². The maximum absolute atomic E-state index is 3.50. The first kappa shape index (κ1) is 14.3. The molecule has 2 aliphatic rings. The van der Waals surface area contributed by atoms with Crippen LogP contribution in [0.15, 0.2) is 30.5 Å². The number of aromatic nitrogens is 1. The summed E-state index contributed by atoms with van der Waals surface area (Å²) in [6.45, 7) is 4.63. The van der Waals surface area contributed by atoms with Crippen LogP contribution in [0, 0.1) is 5.92 Å². The molecule has 0 bridgehead atoms. The van der Waals surface area contributed by atoms with Crippen molar-refractivity contribution in [3.8, 4) is 0 Å². The molecular formula is C19H27N3. The molecule has 1 saturated carbocycles. The lowest BCUT2D eigenvalue weighted by Crippen LogP contribution is -2.47. The van der Waals surface area contributed by atoms with Crippen molar-refractivity contribution < 1.29 is 0 Å². The molecule has 4 rings (SSSR count). The number of nitrogens with zero attached hydrogens (tertiary/aromatic N) is 1. The Balaban J connectivity index is 1.67. The second kappa shape index (κ2) is 6.43. The normalized spacial score (nSPS) is 22.9. The molecule has 0 spiro atoms. The van der Waals surface area contributed by atoms with E-state index in [1.165, 1.54) is 61.7 Å². The number of H-pyrrole nitrogens is 1. The third-order valence-electron chi connectivity index (χ3n) is 5.56. The van der Waals surface area contributed by atoms with Gasteiger partial charge in [0.1, 0.15) is 0 Å². The quantitative estimate of drug-likeness (QED) is 0.905. The van der Waals surface area contributed by atoms with Gasteiger partial charge < -0.3 is 10.3 Å². The first-order valence-corrected chi connectivity index (χ1v) is 8.93. The number of piperazine rings is 1. The van der Waals surface area contributed by atoms with Crippen LogP contribution >= 0.6 is 0 Å². The van der Waals surface area contributed by atoms with Gasteiger partial charge in [-0.3, -0.25) is 4.90 Å². The molecule has 118 valence electrons. The Bertz CT molecular complexity index is 588. The summed E-state index contributed by atoms with van der Waals surface area (Å²) < 4.78 is 0. The number of benzene rings is 1. The summed E-state index contributed by atoms with van der Waals surface area (Å²) in [7, 11) is 0. The minimum atomic E-state index is 0.607. The topological polar surface area (TPSA) is 31.1 Å². The lowest BCUT2D eigenvalue weighted by atomic mass is 9.80. The van der Waals surface area contributed by atoms with E-state index in [1.807, 2.05) is 0 Å². The lowest BCUT2D eigenvalue weighted by molar-refractivity contribution is 0.103. The van der Waals surface area contributed by atoms with E-state index in [2.05, 4.69) is 45.7 Å². The largest absolute Gasteiger partial charge is 0.361 e. The van der Waals surface area contributed by atoms with Gasteiger partial charge in [-0.15, -0.1) is 0 Å². The van der Waals surface area contributed by atoms with Crippen LogP contribution in [-0.2, 0) is 0 Å². The second-order valence-electron chi connectivity index (χ2n) is 6.95. The number of rotatable bonds is 3. The molecule has 0 amide bonds. The summed E-state index contributed by atoms with van der Waals surface area (Å²) in [4.78, 5) is 6.12. The fraction of sp³-hybridized carbons (Fsp3) is 0.579. The smallest absolute Gasteiger partial charge is 0.0457 e. The summed E-state index contributed by atoms with van der Waals surface area (Å²) in [5.74, 6) is 0.833. The van der Waals surface area contributed by atoms with Gasteiger partial charge in [0.05, 0.1) is 0 Å². The summed E-state index contributed by atoms with van der Waals surface area (Å²) in [5.41, 5.74) is 2.80. The molecule has 2 aromatic rings. The van der Waals surface area contributed by atoms with E-state index in [0.29, 0.717) is 6.04 Å². The highest BCUT2D eigenvalue weighted by atomic mass is 15.2. The van der Waals surface area contributed by atoms with Gasteiger partial charge in [0.25, 0.3) is 0 Å². The van der Waals surface area contributed by atoms with Crippen LogP contribution < -0.4 is 5.32 Å². The molecule has 0 radical (unpaired) electrons. The molecular weight excluding hydrogens is 270 g/mol. The van der Waals surface area contributed by atoms with Gasteiger partial charge in [0.15, 0.2) is 0 Å². The Kier molecular flexibility index (Phi) is 4.17. The van der Waals surface area contributed by atoms with Gasteiger partial charge in [-0.25, -0.2) is 0 Å². The molecule has 3 heteroatoms. The van der Waals surface area contributed by atoms with Crippen molar-refractivity contribution in [3.05, 3.63) is 36.0 Å². The molecule has 3 nitrogen and oxygen atoms in total. The van der Waals surface area contributed by atoms with Crippen LogP contribution in [0.4, 0.5) is 0 Å². The predicted molar refractivity (Wildman–Crippen MR) is 92.1 cm³/mol. The molecule has 1 saturated heterocycles. The van der Waals surface area contributed by atoms with Crippen molar-refractivity contribution in [1.29, 1.82) is 0 Å². The van der Waals surface area contributed by atoms with Crippen LogP contribution in [0.1, 0.15) is 43.7 Å². The molecule has 1 aliphatic heterocycles. The van der Waals surface area contributed by atoms with Crippen molar-refractivity contribution in [2.45, 2.75) is 38.1 Å². The molecule has 2 heterocycles. The van der Waals surface area contributed by atoms with Crippen molar-refractivity contribution >= 4 is 10.9 Å².